The summed E-state index contributed by atoms with van der Waals surface area (Å²) in [6, 6.07) is 0.592. The Morgan fingerprint density at radius 3 is 2.33 bits per heavy atom. The highest BCUT2D eigenvalue weighted by Crippen LogP contribution is 2.10. The van der Waals surface area contributed by atoms with Crippen LogP contribution >= 0.6 is 0 Å². The Balaban J connectivity index is 3.55. The van der Waals surface area contributed by atoms with Gasteiger partial charge in [-0.3, -0.25) is 4.79 Å². The maximum Gasteiger partial charge on any atom is 0.303 e. The van der Waals surface area contributed by atoms with E-state index in [4.69, 9.17) is 5.11 Å². The average Bonchev–Trinajstić information content (AvgIpc) is 2.10. The molecule has 0 bridgehead atoms. The van der Waals surface area contributed by atoms with Crippen LogP contribution in [0.4, 0.5) is 0 Å². The van der Waals surface area contributed by atoms with Crippen LogP contribution in [0.5, 0.6) is 0 Å². The molecule has 0 aliphatic carbocycles. The molecular formula is C12H25NO2. The molecule has 3 nitrogen and oxygen atoms in total. The third-order valence-corrected chi connectivity index (χ3v) is 2.72. The monoisotopic (exact) mass is 215 g/mol. The SMILES string of the molecule is CC(C)CC(C)N(C)CCCCC(=O)O. The fraction of sp³-hybridized carbons (Fsp3) is 0.917. The number of carboxylic acid groups (broad SMARTS) is 1. The number of hydrogen-bond acceptors (Lipinski definition) is 2. The van der Waals surface area contributed by atoms with Crippen LogP contribution in [0.2, 0.25) is 0 Å². The molecule has 0 aliphatic heterocycles. The minimum atomic E-state index is -0.687. The molecule has 90 valence electrons. The summed E-state index contributed by atoms with van der Waals surface area (Å²) in [5, 5.41) is 8.49. The minimum Gasteiger partial charge on any atom is -0.481 e. The van der Waals surface area contributed by atoms with Crippen molar-refractivity contribution in [1.82, 2.24) is 4.90 Å². The molecule has 1 unspecified atom stereocenters. The van der Waals surface area contributed by atoms with Crippen LogP contribution in [0.25, 0.3) is 0 Å². The predicted octanol–water partition coefficient (Wildman–Crippen LogP) is 2.61. The Bertz CT molecular complexity index is 180. The average molecular weight is 215 g/mol. The van der Waals surface area contributed by atoms with Crippen LogP contribution in [0.1, 0.15) is 46.5 Å². The van der Waals surface area contributed by atoms with E-state index in [1.807, 2.05) is 0 Å². The summed E-state index contributed by atoms with van der Waals surface area (Å²) in [7, 11) is 2.12. The standard InChI is InChI=1S/C12H25NO2/c1-10(2)9-11(3)13(4)8-6-5-7-12(14)15/h10-11H,5-9H2,1-4H3,(H,14,15). The summed E-state index contributed by atoms with van der Waals surface area (Å²) in [5.74, 6) is 0.0364. The molecule has 1 N–H and O–H groups in total. The number of rotatable bonds is 8. The van der Waals surface area contributed by atoms with E-state index in [9.17, 15) is 4.79 Å². The zero-order chi connectivity index (χ0) is 11.8. The van der Waals surface area contributed by atoms with E-state index < -0.39 is 5.97 Å². The lowest BCUT2D eigenvalue weighted by molar-refractivity contribution is -0.137. The summed E-state index contributed by atoms with van der Waals surface area (Å²) in [5.41, 5.74) is 0. The van der Waals surface area contributed by atoms with Crippen molar-refractivity contribution in [3.63, 3.8) is 0 Å². The van der Waals surface area contributed by atoms with Gasteiger partial charge in [0.2, 0.25) is 0 Å². The van der Waals surface area contributed by atoms with Crippen molar-refractivity contribution in [3.8, 4) is 0 Å². The Morgan fingerprint density at radius 1 is 1.27 bits per heavy atom. The second-order valence-corrected chi connectivity index (χ2v) is 4.81. The second kappa shape index (κ2) is 7.69. The van der Waals surface area contributed by atoms with Crippen molar-refractivity contribution in [2.45, 2.75) is 52.5 Å². The van der Waals surface area contributed by atoms with E-state index in [0.717, 1.165) is 25.3 Å². The van der Waals surface area contributed by atoms with Gasteiger partial charge in [0.1, 0.15) is 0 Å². The van der Waals surface area contributed by atoms with Gasteiger partial charge < -0.3 is 10.0 Å². The Morgan fingerprint density at radius 2 is 1.87 bits per heavy atom. The highest BCUT2D eigenvalue weighted by molar-refractivity contribution is 5.66. The first-order valence-electron chi connectivity index (χ1n) is 5.85. The van der Waals surface area contributed by atoms with E-state index >= 15 is 0 Å². The van der Waals surface area contributed by atoms with Gasteiger partial charge in [0.15, 0.2) is 0 Å². The van der Waals surface area contributed by atoms with Crippen molar-refractivity contribution >= 4 is 5.97 Å². The number of aliphatic carboxylic acids is 1. The van der Waals surface area contributed by atoms with Crippen molar-refractivity contribution in [3.05, 3.63) is 0 Å². The smallest absolute Gasteiger partial charge is 0.303 e. The van der Waals surface area contributed by atoms with Crippen molar-refractivity contribution in [2.75, 3.05) is 13.6 Å². The van der Waals surface area contributed by atoms with Crippen molar-refractivity contribution in [2.24, 2.45) is 5.92 Å². The molecule has 0 saturated heterocycles. The maximum absolute atomic E-state index is 10.3. The zero-order valence-electron chi connectivity index (χ0n) is 10.5. The summed E-state index contributed by atoms with van der Waals surface area (Å²) in [6.45, 7) is 7.70. The molecule has 0 amide bonds. The lowest BCUT2D eigenvalue weighted by Crippen LogP contribution is -2.31. The van der Waals surface area contributed by atoms with Gasteiger partial charge in [-0.1, -0.05) is 13.8 Å². The molecule has 3 heteroatoms. The third-order valence-electron chi connectivity index (χ3n) is 2.72. The molecule has 0 rings (SSSR count). The number of carbonyl (C=O) groups is 1. The molecule has 1 atom stereocenters. The molecular weight excluding hydrogens is 190 g/mol. The molecule has 0 fully saturated rings. The fourth-order valence-corrected chi connectivity index (χ4v) is 1.72. The van der Waals surface area contributed by atoms with E-state index in [1.54, 1.807) is 0 Å². The minimum absolute atomic E-state index is 0.298. The van der Waals surface area contributed by atoms with E-state index in [1.165, 1.54) is 6.42 Å². The number of nitrogens with zero attached hydrogens (tertiary/aromatic N) is 1. The number of carboxylic acids is 1. The largest absolute Gasteiger partial charge is 0.481 e. The molecule has 0 aromatic rings. The second-order valence-electron chi connectivity index (χ2n) is 4.81. The third kappa shape index (κ3) is 8.43. The molecule has 15 heavy (non-hydrogen) atoms. The van der Waals surface area contributed by atoms with Gasteiger partial charge in [0.05, 0.1) is 0 Å². The first kappa shape index (κ1) is 14.4. The predicted molar refractivity (Wildman–Crippen MR) is 63.0 cm³/mol. The number of unbranched alkanes of at least 4 members (excludes halogenated alkanes) is 1. The van der Waals surface area contributed by atoms with Crippen LogP contribution < -0.4 is 0 Å². The summed E-state index contributed by atoms with van der Waals surface area (Å²) in [4.78, 5) is 12.6. The molecule has 0 aromatic heterocycles. The maximum atomic E-state index is 10.3. The van der Waals surface area contributed by atoms with Crippen LogP contribution in [-0.2, 0) is 4.79 Å². The van der Waals surface area contributed by atoms with Crippen LogP contribution in [0.15, 0.2) is 0 Å². The van der Waals surface area contributed by atoms with Gasteiger partial charge in [0, 0.05) is 12.5 Å². The van der Waals surface area contributed by atoms with Gasteiger partial charge in [-0.05, 0) is 45.7 Å². The molecule has 0 aromatic carbocycles. The molecule has 0 saturated carbocycles. The Hall–Kier alpha value is -0.570. The first-order chi connectivity index (χ1) is 6.93. The lowest BCUT2D eigenvalue weighted by Gasteiger charge is -2.25. The normalized spacial score (nSPS) is 13.5. The summed E-state index contributed by atoms with van der Waals surface area (Å²) >= 11 is 0. The molecule has 0 heterocycles. The fourth-order valence-electron chi connectivity index (χ4n) is 1.72. The zero-order valence-corrected chi connectivity index (χ0v) is 10.5. The molecule has 0 aliphatic rings. The van der Waals surface area contributed by atoms with Gasteiger partial charge >= 0.3 is 5.97 Å². The topological polar surface area (TPSA) is 40.5 Å². The van der Waals surface area contributed by atoms with Crippen LogP contribution in [0.3, 0.4) is 0 Å². The van der Waals surface area contributed by atoms with Crippen molar-refractivity contribution in [1.29, 1.82) is 0 Å². The lowest BCUT2D eigenvalue weighted by atomic mass is 10.0. The number of hydrogen-bond donors (Lipinski definition) is 1. The van der Waals surface area contributed by atoms with Gasteiger partial charge in [-0.2, -0.15) is 0 Å². The summed E-state index contributed by atoms with van der Waals surface area (Å²) < 4.78 is 0. The Labute approximate surface area is 93.5 Å². The van der Waals surface area contributed by atoms with Crippen LogP contribution in [0, 0.1) is 5.92 Å². The van der Waals surface area contributed by atoms with E-state index in [-0.39, 0.29) is 0 Å². The van der Waals surface area contributed by atoms with Gasteiger partial charge in [-0.15, -0.1) is 0 Å². The van der Waals surface area contributed by atoms with Gasteiger partial charge in [-0.25, -0.2) is 0 Å². The van der Waals surface area contributed by atoms with Crippen LogP contribution in [-0.4, -0.2) is 35.6 Å². The van der Waals surface area contributed by atoms with E-state index in [2.05, 4.69) is 32.7 Å². The Kier molecular flexibility index (Phi) is 7.39. The quantitative estimate of drug-likeness (QED) is 0.633. The highest BCUT2D eigenvalue weighted by Gasteiger charge is 2.10. The first-order valence-corrected chi connectivity index (χ1v) is 5.85. The molecule has 0 radical (unpaired) electrons. The summed E-state index contributed by atoms with van der Waals surface area (Å²) in [6.07, 6.45) is 3.27. The van der Waals surface area contributed by atoms with Crippen molar-refractivity contribution < 1.29 is 9.90 Å². The van der Waals surface area contributed by atoms with Gasteiger partial charge in [0.25, 0.3) is 0 Å². The highest BCUT2D eigenvalue weighted by atomic mass is 16.4. The van der Waals surface area contributed by atoms with E-state index in [0.29, 0.717) is 12.5 Å². The molecule has 0 spiro atoms.